The van der Waals surface area contributed by atoms with Gasteiger partial charge in [-0.05, 0) is 0 Å². The van der Waals surface area contributed by atoms with Crippen LogP contribution in [-0.2, 0) is 0 Å². The zero-order valence-electron chi connectivity index (χ0n) is 18.3. The molecule has 0 spiro atoms. The molecule has 2 heteroatoms. The van der Waals surface area contributed by atoms with Crippen molar-refractivity contribution in [2.45, 2.75) is 118 Å². The summed E-state index contributed by atoms with van der Waals surface area (Å²) in [6.07, 6.45) is 17.9. The number of rotatable bonds is 16. The van der Waals surface area contributed by atoms with Gasteiger partial charge in [0.1, 0.15) is 0 Å². The minimum atomic E-state index is -2.37. The predicted molar refractivity (Wildman–Crippen MR) is 125 cm³/mol. The van der Waals surface area contributed by atoms with E-state index in [1.165, 1.54) is 71.1 Å². The summed E-state index contributed by atoms with van der Waals surface area (Å²) in [5.41, 5.74) is 0. The Kier molecular flexibility index (Phi) is 19.0. The van der Waals surface area contributed by atoms with Crippen molar-refractivity contribution < 1.29 is 0 Å². The van der Waals surface area contributed by atoms with Crippen LogP contribution in [0.4, 0.5) is 0 Å². The van der Waals surface area contributed by atoms with Gasteiger partial charge in [0.25, 0.3) is 0 Å². The van der Waals surface area contributed by atoms with E-state index in [0.29, 0.717) is 0 Å². The molecule has 0 aromatic heterocycles. The average molecular weight is 488 g/mol. The third kappa shape index (κ3) is 12.0. The maximum absolute atomic E-state index is 5.96. The number of alkyl halides is 1. The molecule has 0 aliphatic heterocycles. The van der Waals surface area contributed by atoms with Crippen molar-refractivity contribution in [2.75, 3.05) is 5.88 Å². The zero-order valence-corrected chi connectivity index (χ0v) is 21.9. The van der Waals surface area contributed by atoms with Gasteiger partial charge in [-0.3, -0.25) is 0 Å². The van der Waals surface area contributed by atoms with E-state index in [1.807, 2.05) is 0 Å². The molecular weight excluding hydrogens is 442 g/mol. The van der Waals surface area contributed by atoms with Crippen molar-refractivity contribution in [3.63, 3.8) is 0 Å². The minimum absolute atomic E-state index is 0.773. The molecule has 0 aromatic rings. The van der Waals surface area contributed by atoms with Crippen LogP contribution in [0.5, 0.6) is 0 Å². The first-order chi connectivity index (χ1) is 12.7. The molecule has 0 aliphatic rings. The van der Waals surface area contributed by atoms with Gasteiger partial charge in [0.2, 0.25) is 0 Å². The summed E-state index contributed by atoms with van der Waals surface area (Å²) in [6, 6.07) is 0. The van der Waals surface area contributed by atoms with Crippen molar-refractivity contribution in [2.24, 2.45) is 0 Å². The van der Waals surface area contributed by atoms with Crippen LogP contribution >= 0.6 is 11.6 Å². The number of halogens is 1. The SMILES string of the molecule is CCCCCC#C/[C](=C/CCCCl)[Sn]([CH2]CCC)([CH2]CCC)[CH2]CCC. The topological polar surface area (TPSA) is 0 Å². The summed E-state index contributed by atoms with van der Waals surface area (Å²) in [5.74, 6) is 8.12. The quantitative estimate of drug-likeness (QED) is 0.0882. The molecule has 152 valence electrons. The maximum atomic E-state index is 5.96. The molecule has 0 saturated carbocycles. The van der Waals surface area contributed by atoms with Gasteiger partial charge in [0.05, 0.1) is 0 Å². The number of hydrogen-bond acceptors (Lipinski definition) is 0. The molecule has 0 atom stereocenters. The fourth-order valence-electron chi connectivity index (χ4n) is 3.67. The second-order valence-electron chi connectivity index (χ2n) is 7.80. The van der Waals surface area contributed by atoms with Crippen LogP contribution < -0.4 is 0 Å². The third-order valence-corrected chi connectivity index (χ3v) is 21.1. The molecule has 0 N–H and O–H groups in total. The molecule has 0 bridgehead atoms. The number of hydrogen-bond donors (Lipinski definition) is 0. The van der Waals surface area contributed by atoms with Crippen LogP contribution in [0.3, 0.4) is 0 Å². The van der Waals surface area contributed by atoms with Gasteiger partial charge in [-0.1, -0.05) is 0 Å². The first-order valence-corrected chi connectivity index (χ1v) is 19.5. The van der Waals surface area contributed by atoms with Crippen molar-refractivity contribution in [3.8, 4) is 11.8 Å². The third-order valence-electron chi connectivity index (χ3n) is 5.41. The molecule has 0 aromatic carbocycles. The van der Waals surface area contributed by atoms with Crippen LogP contribution in [0.1, 0.15) is 105 Å². The Morgan fingerprint density at radius 2 is 1.31 bits per heavy atom. The van der Waals surface area contributed by atoms with E-state index >= 15 is 0 Å². The van der Waals surface area contributed by atoms with E-state index < -0.39 is 18.4 Å². The summed E-state index contributed by atoms with van der Waals surface area (Å²) >= 11 is 3.59. The van der Waals surface area contributed by atoms with Gasteiger partial charge in [-0.2, -0.15) is 0 Å². The van der Waals surface area contributed by atoms with Crippen LogP contribution in [0.2, 0.25) is 13.3 Å². The molecule has 0 unspecified atom stereocenters. The van der Waals surface area contributed by atoms with E-state index in [1.54, 1.807) is 3.59 Å². The van der Waals surface area contributed by atoms with Gasteiger partial charge >= 0.3 is 175 Å². The van der Waals surface area contributed by atoms with Crippen molar-refractivity contribution in [1.82, 2.24) is 0 Å². The Balaban J connectivity index is 5.55. The fraction of sp³-hybridized carbons (Fsp3) is 0.833. The molecule has 0 rings (SSSR count). The second-order valence-corrected chi connectivity index (χ2v) is 21.3. The number of unbranched alkanes of at least 4 members (excludes halogenated alkanes) is 7. The summed E-state index contributed by atoms with van der Waals surface area (Å²) in [6.45, 7) is 9.32. The summed E-state index contributed by atoms with van der Waals surface area (Å²) in [7, 11) is 0. The van der Waals surface area contributed by atoms with Crippen molar-refractivity contribution >= 4 is 30.0 Å². The molecule has 0 aliphatic carbocycles. The fourth-order valence-corrected chi connectivity index (χ4v) is 19.7. The van der Waals surface area contributed by atoms with Crippen LogP contribution in [-0.4, -0.2) is 24.3 Å². The average Bonchev–Trinajstić information content (AvgIpc) is 2.66. The van der Waals surface area contributed by atoms with E-state index in [9.17, 15) is 0 Å². The monoisotopic (exact) mass is 488 g/mol. The number of allylic oxidation sites excluding steroid dienone is 2. The Hall–Kier alpha value is 0.389. The second kappa shape index (κ2) is 18.7. The van der Waals surface area contributed by atoms with Crippen molar-refractivity contribution in [1.29, 1.82) is 0 Å². The molecular formula is C24H45ClSn. The summed E-state index contributed by atoms with van der Waals surface area (Å²) in [4.78, 5) is 0. The molecule has 26 heavy (non-hydrogen) atoms. The molecule has 0 radical (unpaired) electrons. The van der Waals surface area contributed by atoms with E-state index in [0.717, 1.165) is 25.1 Å². The Morgan fingerprint density at radius 3 is 1.77 bits per heavy atom. The zero-order chi connectivity index (χ0) is 19.5. The van der Waals surface area contributed by atoms with Crippen LogP contribution in [0.15, 0.2) is 9.67 Å². The first kappa shape index (κ1) is 26.4. The standard InChI is InChI=1S/C12H18Cl.3C4H9.Sn/c1-2-3-4-5-6-7-8-9-10-11-12-13;3*1-3-4-2;/h9H,2-5,10-12H2,1H3;3*1,3-4H2,2H3;. The van der Waals surface area contributed by atoms with Gasteiger partial charge in [0, 0.05) is 0 Å². The van der Waals surface area contributed by atoms with Gasteiger partial charge in [0.15, 0.2) is 0 Å². The van der Waals surface area contributed by atoms with E-state index in [-0.39, 0.29) is 0 Å². The Morgan fingerprint density at radius 1 is 0.769 bits per heavy atom. The molecule has 0 amide bonds. The summed E-state index contributed by atoms with van der Waals surface area (Å²) < 4.78 is 6.21. The molecule has 0 heterocycles. The normalized spacial score (nSPS) is 12.1. The molecule has 0 nitrogen and oxygen atoms in total. The van der Waals surface area contributed by atoms with Gasteiger partial charge in [-0.15, -0.1) is 0 Å². The predicted octanol–water partition coefficient (Wildman–Crippen LogP) is 8.90. The van der Waals surface area contributed by atoms with Crippen LogP contribution in [0.25, 0.3) is 0 Å². The van der Waals surface area contributed by atoms with Gasteiger partial charge in [-0.25, -0.2) is 0 Å². The van der Waals surface area contributed by atoms with Crippen molar-refractivity contribution in [3.05, 3.63) is 9.67 Å². The first-order valence-electron chi connectivity index (χ1n) is 11.5. The molecule has 0 saturated heterocycles. The Bertz CT molecular complexity index is 380. The summed E-state index contributed by atoms with van der Waals surface area (Å²) in [5, 5.41) is 0. The molecule has 0 fully saturated rings. The van der Waals surface area contributed by atoms with Gasteiger partial charge < -0.3 is 0 Å². The Labute approximate surface area is 174 Å². The van der Waals surface area contributed by atoms with Crippen LogP contribution in [0, 0.1) is 11.8 Å². The van der Waals surface area contributed by atoms with E-state index in [4.69, 9.17) is 11.6 Å². The van der Waals surface area contributed by atoms with E-state index in [2.05, 4.69) is 45.6 Å².